The molecule has 1 aromatic rings. The molecule has 0 radical (unpaired) electrons. The van der Waals surface area contributed by atoms with Crippen LogP contribution in [0, 0.1) is 0 Å². The summed E-state index contributed by atoms with van der Waals surface area (Å²) in [6.45, 7) is 3.91. The van der Waals surface area contributed by atoms with Crippen LogP contribution in [-0.2, 0) is 5.41 Å². The van der Waals surface area contributed by atoms with Gasteiger partial charge in [0.05, 0.1) is 0 Å². The van der Waals surface area contributed by atoms with E-state index in [0.29, 0.717) is 5.41 Å². The van der Waals surface area contributed by atoms with Gasteiger partial charge in [0.1, 0.15) is 0 Å². The lowest BCUT2D eigenvalue weighted by molar-refractivity contribution is 0.0936. The topological polar surface area (TPSA) is 3.24 Å². The number of rotatable bonds is 3. The van der Waals surface area contributed by atoms with E-state index in [-0.39, 0.29) is 0 Å². The van der Waals surface area contributed by atoms with Gasteiger partial charge in [-0.1, -0.05) is 34.5 Å². The van der Waals surface area contributed by atoms with Crippen molar-refractivity contribution >= 4 is 15.9 Å². The predicted molar refractivity (Wildman–Crippen MR) is 70.7 cm³/mol. The molecular formula is C14H18BrN. The maximum absolute atomic E-state index is 3.59. The SMILES string of the molecule is Brc1cccc(C2(CN3CCC3)CCC2)c1. The summed E-state index contributed by atoms with van der Waals surface area (Å²) in [5, 5.41) is 0. The predicted octanol–water partition coefficient (Wildman–Crippen LogP) is 3.58. The third-order valence-electron chi connectivity index (χ3n) is 4.22. The van der Waals surface area contributed by atoms with Gasteiger partial charge in [-0.15, -0.1) is 0 Å². The zero-order valence-corrected chi connectivity index (χ0v) is 11.2. The fraction of sp³-hybridized carbons (Fsp3) is 0.571. The fourth-order valence-corrected chi connectivity index (χ4v) is 3.33. The van der Waals surface area contributed by atoms with Gasteiger partial charge in [0.25, 0.3) is 0 Å². The highest BCUT2D eigenvalue weighted by molar-refractivity contribution is 9.10. The molecule has 1 aromatic carbocycles. The van der Waals surface area contributed by atoms with Crippen LogP contribution in [0.5, 0.6) is 0 Å². The monoisotopic (exact) mass is 279 g/mol. The molecule has 1 saturated carbocycles. The number of hydrogen-bond donors (Lipinski definition) is 0. The van der Waals surface area contributed by atoms with E-state index in [1.54, 1.807) is 5.56 Å². The number of likely N-dealkylation sites (tertiary alicyclic amines) is 1. The van der Waals surface area contributed by atoms with Crippen LogP contribution in [0.4, 0.5) is 0 Å². The number of nitrogens with zero attached hydrogens (tertiary/aromatic N) is 1. The molecule has 1 heterocycles. The number of benzene rings is 1. The van der Waals surface area contributed by atoms with Crippen molar-refractivity contribution in [3.63, 3.8) is 0 Å². The average molecular weight is 280 g/mol. The Bertz CT molecular complexity index is 380. The van der Waals surface area contributed by atoms with E-state index in [4.69, 9.17) is 0 Å². The first-order chi connectivity index (χ1) is 7.78. The minimum absolute atomic E-state index is 0.476. The van der Waals surface area contributed by atoms with Crippen molar-refractivity contribution in [1.82, 2.24) is 4.90 Å². The van der Waals surface area contributed by atoms with E-state index in [1.807, 2.05) is 0 Å². The minimum atomic E-state index is 0.476. The maximum Gasteiger partial charge on any atom is 0.0178 e. The van der Waals surface area contributed by atoms with Crippen LogP contribution in [0.2, 0.25) is 0 Å². The van der Waals surface area contributed by atoms with Crippen LogP contribution in [0.1, 0.15) is 31.2 Å². The molecule has 2 heteroatoms. The molecule has 1 aliphatic carbocycles. The smallest absolute Gasteiger partial charge is 0.0178 e. The van der Waals surface area contributed by atoms with Gasteiger partial charge in [0.15, 0.2) is 0 Å². The quantitative estimate of drug-likeness (QED) is 0.818. The van der Waals surface area contributed by atoms with Crippen molar-refractivity contribution < 1.29 is 0 Å². The van der Waals surface area contributed by atoms with Crippen molar-refractivity contribution in [2.45, 2.75) is 31.1 Å². The Morgan fingerprint density at radius 2 is 2.00 bits per heavy atom. The van der Waals surface area contributed by atoms with E-state index in [1.165, 1.54) is 49.8 Å². The van der Waals surface area contributed by atoms with E-state index in [0.717, 1.165) is 0 Å². The van der Waals surface area contributed by atoms with Gasteiger partial charge in [-0.05, 0) is 50.0 Å². The van der Waals surface area contributed by atoms with Gasteiger partial charge in [-0.2, -0.15) is 0 Å². The second-order valence-corrected chi connectivity index (χ2v) is 6.19. The molecule has 2 aliphatic rings. The highest BCUT2D eigenvalue weighted by atomic mass is 79.9. The summed E-state index contributed by atoms with van der Waals surface area (Å²) < 4.78 is 1.22. The molecule has 3 rings (SSSR count). The van der Waals surface area contributed by atoms with Crippen molar-refractivity contribution in [3.8, 4) is 0 Å². The van der Waals surface area contributed by atoms with Gasteiger partial charge in [0.2, 0.25) is 0 Å². The second-order valence-electron chi connectivity index (χ2n) is 5.27. The van der Waals surface area contributed by atoms with Gasteiger partial charge in [-0.3, -0.25) is 0 Å². The Hall–Kier alpha value is -0.340. The van der Waals surface area contributed by atoms with E-state index in [9.17, 15) is 0 Å². The van der Waals surface area contributed by atoms with Gasteiger partial charge < -0.3 is 4.90 Å². The van der Waals surface area contributed by atoms with Gasteiger partial charge in [-0.25, -0.2) is 0 Å². The van der Waals surface area contributed by atoms with E-state index in [2.05, 4.69) is 45.1 Å². The molecule has 0 bridgehead atoms. The lowest BCUT2D eigenvalue weighted by atomic mass is 9.64. The molecule has 86 valence electrons. The van der Waals surface area contributed by atoms with Crippen LogP contribution in [0.15, 0.2) is 28.7 Å². The zero-order valence-electron chi connectivity index (χ0n) is 9.58. The van der Waals surface area contributed by atoms with Crippen molar-refractivity contribution in [1.29, 1.82) is 0 Å². The van der Waals surface area contributed by atoms with Crippen LogP contribution < -0.4 is 0 Å². The lowest BCUT2D eigenvalue weighted by Crippen LogP contribution is -2.50. The molecule has 1 saturated heterocycles. The second kappa shape index (κ2) is 4.15. The minimum Gasteiger partial charge on any atom is -0.302 e. The summed E-state index contributed by atoms with van der Waals surface area (Å²) in [7, 11) is 0. The van der Waals surface area contributed by atoms with E-state index >= 15 is 0 Å². The third kappa shape index (κ3) is 1.82. The number of halogens is 1. The summed E-state index contributed by atoms with van der Waals surface area (Å²) in [5.41, 5.74) is 2.02. The summed E-state index contributed by atoms with van der Waals surface area (Å²) in [5.74, 6) is 0. The maximum atomic E-state index is 3.59. The Balaban J connectivity index is 1.83. The Kier molecular flexibility index (Phi) is 2.80. The van der Waals surface area contributed by atoms with Crippen molar-refractivity contribution in [2.75, 3.05) is 19.6 Å². The standard InChI is InChI=1S/C14H18BrN/c15-13-5-1-4-12(10-13)14(6-2-7-14)11-16-8-3-9-16/h1,4-5,10H,2-3,6-9,11H2. The first kappa shape index (κ1) is 10.8. The highest BCUT2D eigenvalue weighted by Crippen LogP contribution is 2.45. The van der Waals surface area contributed by atoms with Crippen LogP contribution >= 0.6 is 15.9 Å². The molecule has 0 amide bonds. The van der Waals surface area contributed by atoms with Crippen LogP contribution in [-0.4, -0.2) is 24.5 Å². The Morgan fingerprint density at radius 3 is 2.50 bits per heavy atom. The summed E-state index contributed by atoms with van der Waals surface area (Å²) in [6, 6.07) is 8.93. The Morgan fingerprint density at radius 1 is 1.19 bits per heavy atom. The molecule has 1 nitrogen and oxygen atoms in total. The molecule has 0 spiro atoms. The average Bonchev–Trinajstić information content (AvgIpc) is 2.13. The molecule has 2 fully saturated rings. The lowest BCUT2D eigenvalue weighted by Gasteiger charge is -2.48. The largest absolute Gasteiger partial charge is 0.302 e. The first-order valence-corrected chi connectivity index (χ1v) is 7.06. The summed E-state index contributed by atoms with van der Waals surface area (Å²) in [6.07, 6.45) is 5.55. The normalized spacial score (nSPS) is 23.6. The molecule has 0 atom stereocenters. The molecule has 16 heavy (non-hydrogen) atoms. The summed E-state index contributed by atoms with van der Waals surface area (Å²) >= 11 is 3.59. The van der Waals surface area contributed by atoms with Crippen molar-refractivity contribution in [2.24, 2.45) is 0 Å². The van der Waals surface area contributed by atoms with Crippen molar-refractivity contribution in [3.05, 3.63) is 34.3 Å². The molecule has 0 unspecified atom stereocenters. The van der Waals surface area contributed by atoms with Gasteiger partial charge >= 0.3 is 0 Å². The number of hydrogen-bond acceptors (Lipinski definition) is 1. The molecule has 1 aliphatic heterocycles. The molecule has 0 N–H and O–H groups in total. The fourth-order valence-electron chi connectivity index (χ4n) is 2.93. The highest BCUT2D eigenvalue weighted by Gasteiger charge is 2.40. The van der Waals surface area contributed by atoms with Crippen LogP contribution in [0.3, 0.4) is 0 Å². The molecule has 0 aromatic heterocycles. The zero-order chi connectivity index (χ0) is 11.0. The first-order valence-electron chi connectivity index (χ1n) is 6.27. The van der Waals surface area contributed by atoms with E-state index < -0.39 is 0 Å². The van der Waals surface area contributed by atoms with Crippen LogP contribution in [0.25, 0.3) is 0 Å². The Labute approximate surface area is 106 Å². The summed E-state index contributed by atoms with van der Waals surface area (Å²) in [4.78, 5) is 2.61. The molecular weight excluding hydrogens is 262 g/mol. The van der Waals surface area contributed by atoms with Gasteiger partial charge in [0, 0.05) is 16.4 Å². The third-order valence-corrected chi connectivity index (χ3v) is 4.72.